The van der Waals surface area contributed by atoms with E-state index in [1.807, 2.05) is 44.3 Å². The van der Waals surface area contributed by atoms with E-state index in [2.05, 4.69) is 34.1 Å². The summed E-state index contributed by atoms with van der Waals surface area (Å²) >= 11 is 5.67. The first-order chi connectivity index (χ1) is 14.9. The number of anilines is 1. The molecule has 5 nitrogen and oxygen atoms in total. The third-order valence-corrected chi connectivity index (χ3v) is 5.56. The van der Waals surface area contributed by atoms with Crippen molar-refractivity contribution in [2.45, 2.75) is 39.9 Å². The minimum absolute atomic E-state index is 0.238. The highest BCUT2D eigenvalue weighted by Gasteiger charge is 2.25. The molecule has 0 aliphatic rings. The summed E-state index contributed by atoms with van der Waals surface area (Å²) in [6.45, 7) is 7.98. The Morgan fingerprint density at radius 3 is 2.39 bits per heavy atom. The fraction of sp³-hybridized carbons (Fsp3) is 0.333. The number of hydrogen-bond donors (Lipinski definition) is 1. The van der Waals surface area contributed by atoms with Crippen LogP contribution in [0.4, 0.5) is 10.3 Å². The third kappa shape index (κ3) is 5.61. The lowest BCUT2D eigenvalue weighted by Crippen LogP contribution is -2.39. The highest BCUT2D eigenvalue weighted by atomic mass is 32.1. The standard InChI is InChI=1S/C24H29FN4OS/c1-5-26-24(31)29(15-18-11-13-20(25)14-12-18)16-21-22(19-9-7-6-8-10-19)27-30-23(21)28(4)17(2)3/h6-14,17H,5,15-16H2,1-4H3,(H,26,31). The Morgan fingerprint density at radius 2 is 1.77 bits per heavy atom. The van der Waals surface area contributed by atoms with Gasteiger partial charge in [-0.3, -0.25) is 0 Å². The van der Waals surface area contributed by atoms with Gasteiger partial charge >= 0.3 is 0 Å². The van der Waals surface area contributed by atoms with Crippen molar-refractivity contribution in [3.05, 3.63) is 71.5 Å². The van der Waals surface area contributed by atoms with Gasteiger partial charge in [0.05, 0.1) is 12.1 Å². The molecule has 7 heteroatoms. The molecule has 0 amide bonds. The van der Waals surface area contributed by atoms with Crippen LogP contribution in [0.25, 0.3) is 11.3 Å². The highest BCUT2D eigenvalue weighted by molar-refractivity contribution is 7.80. The Bertz CT molecular complexity index is 989. The topological polar surface area (TPSA) is 44.5 Å². The van der Waals surface area contributed by atoms with E-state index in [1.54, 1.807) is 12.1 Å². The van der Waals surface area contributed by atoms with Gasteiger partial charge in [0.2, 0.25) is 5.88 Å². The van der Waals surface area contributed by atoms with Gasteiger partial charge in [0.25, 0.3) is 0 Å². The summed E-state index contributed by atoms with van der Waals surface area (Å²) in [6, 6.07) is 16.7. The number of aromatic nitrogens is 1. The van der Waals surface area contributed by atoms with Crippen molar-refractivity contribution in [3.63, 3.8) is 0 Å². The lowest BCUT2D eigenvalue weighted by Gasteiger charge is -2.28. The van der Waals surface area contributed by atoms with E-state index in [0.29, 0.717) is 24.7 Å². The molecule has 3 rings (SSSR count). The van der Waals surface area contributed by atoms with Crippen LogP contribution in [0, 0.1) is 5.82 Å². The van der Waals surface area contributed by atoms with Crippen LogP contribution in [0.1, 0.15) is 31.9 Å². The molecule has 0 unspecified atom stereocenters. The molecule has 0 aliphatic carbocycles. The van der Waals surface area contributed by atoms with Crippen LogP contribution in [0.3, 0.4) is 0 Å². The average Bonchev–Trinajstić information content (AvgIpc) is 3.18. The Labute approximate surface area is 188 Å². The maximum atomic E-state index is 13.4. The first-order valence-electron chi connectivity index (χ1n) is 10.4. The van der Waals surface area contributed by atoms with Crippen LogP contribution >= 0.6 is 12.2 Å². The molecular formula is C24H29FN4OS. The predicted molar refractivity (Wildman–Crippen MR) is 127 cm³/mol. The van der Waals surface area contributed by atoms with Gasteiger partial charge in [0, 0.05) is 31.7 Å². The summed E-state index contributed by atoms with van der Waals surface area (Å²) in [5, 5.41) is 8.28. The number of thiocarbonyl (C=S) groups is 1. The maximum absolute atomic E-state index is 13.4. The van der Waals surface area contributed by atoms with Crippen molar-refractivity contribution in [1.82, 2.24) is 15.4 Å². The van der Waals surface area contributed by atoms with E-state index < -0.39 is 0 Å². The summed E-state index contributed by atoms with van der Waals surface area (Å²) < 4.78 is 19.2. The molecule has 2 aromatic carbocycles. The van der Waals surface area contributed by atoms with Gasteiger partial charge in [-0.1, -0.05) is 47.6 Å². The fourth-order valence-electron chi connectivity index (χ4n) is 3.24. The molecule has 1 heterocycles. The quantitative estimate of drug-likeness (QED) is 0.485. The maximum Gasteiger partial charge on any atom is 0.232 e. The average molecular weight is 441 g/mol. The van der Waals surface area contributed by atoms with E-state index in [0.717, 1.165) is 28.3 Å². The molecule has 0 atom stereocenters. The zero-order valence-electron chi connectivity index (χ0n) is 18.4. The Kier molecular flexibility index (Phi) is 7.63. The molecule has 164 valence electrons. The van der Waals surface area contributed by atoms with Crippen molar-refractivity contribution < 1.29 is 8.91 Å². The summed E-state index contributed by atoms with van der Waals surface area (Å²) in [5.41, 5.74) is 3.72. The minimum atomic E-state index is -0.254. The van der Waals surface area contributed by atoms with E-state index in [1.165, 1.54) is 12.1 Å². The molecule has 0 fully saturated rings. The Hall–Kier alpha value is -2.93. The lowest BCUT2D eigenvalue weighted by atomic mass is 10.1. The van der Waals surface area contributed by atoms with E-state index in [-0.39, 0.29) is 11.9 Å². The second kappa shape index (κ2) is 10.4. The molecular weight excluding hydrogens is 411 g/mol. The van der Waals surface area contributed by atoms with Crippen LogP contribution in [0.2, 0.25) is 0 Å². The number of benzene rings is 2. The van der Waals surface area contributed by atoms with E-state index >= 15 is 0 Å². The second-order valence-corrected chi connectivity index (χ2v) is 8.09. The van der Waals surface area contributed by atoms with Gasteiger partial charge in [-0.2, -0.15) is 0 Å². The van der Waals surface area contributed by atoms with Gasteiger partial charge < -0.3 is 19.6 Å². The molecule has 0 saturated heterocycles. The highest BCUT2D eigenvalue weighted by Crippen LogP contribution is 2.33. The van der Waals surface area contributed by atoms with Crippen LogP contribution in [-0.4, -0.2) is 34.8 Å². The summed E-state index contributed by atoms with van der Waals surface area (Å²) in [7, 11) is 2.00. The third-order valence-electron chi connectivity index (χ3n) is 5.16. The Balaban J connectivity index is 2.00. The van der Waals surface area contributed by atoms with Gasteiger partial charge in [0.15, 0.2) is 5.11 Å². The molecule has 1 N–H and O–H groups in total. The number of hydrogen-bond acceptors (Lipinski definition) is 4. The zero-order valence-corrected chi connectivity index (χ0v) is 19.2. The minimum Gasteiger partial charge on any atom is -0.363 e. The molecule has 1 aromatic heterocycles. The Morgan fingerprint density at radius 1 is 1.10 bits per heavy atom. The van der Waals surface area contributed by atoms with Gasteiger partial charge in [-0.25, -0.2) is 4.39 Å². The van der Waals surface area contributed by atoms with E-state index in [9.17, 15) is 4.39 Å². The zero-order chi connectivity index (χ0) is 22.4. The molecule has 0 saturated carbocycles. The predicted octanol–water partition coefficient (Wildman–Crippen LogP) is 5.22. The molecule has 0 bridgehead atoms. The number of halogens is 1. The number of nitrogens with zero attached hydrogens (tertiary/aromatic N) is 3. The summed E-state index contributed by atoms with van der Waals surface area (Å²) in [6.07, 6.45) is 0. The molecule has 31 heavy (non-hydrogen) atoms. The van der Waals surface area contributed by atoms with Crippen LogP contribution in [0.5, 0.6) is 0 Å². The van der Waals surface area contributed by atoms with Crippen LogP contribution in [-0.2, 0) is 13.1 Å². The SMILES string of the molecule is CCNC(=S)N(Cc1ccc(F)cc1)Cc1c(-c2ccccc2)noc1N(C)C(C)C. The largest absolute Gasteiger partial charge is 0.363 e. The first kappa shape index (κ1) is 22.7. The van der Waals surface area contributed by atoms with Gasteiger partial charge in [0.1, 0.15) is 11.5 Å². The number of nitrogens with one attached hydrogen (secondary N) is 1. The van der Waals surface area contributed by atoms with Crippen LogP contribution in [0.15, 0.2) is 59.1 Å². The van der Waals surface area contributed by atoms with Gasteiger partial charge in [-0.05, 0) is 50.7 Å². The summed E-state index contributed by atoms with van der Waals surface area (Å²) in [4.78, 5) is 4.13. The van der Waals surface area contributed by atoms with Crippen molar-refractivity contribution in [2.24, 2.45) is 0 Å². The second-order valence-electron chi connectivity index (χ2n) is 7.70. The first-order valence-corrected chi connectivity index (χ1v) is 10.9. The number of rotatable bonds is 8. The normalized spacial score (nSPS) is 10.9. The summed E-state index contributed by atoms with van der Waals surface area (Å²) in [5.74, 6) is 0.466. The van der Waals surface area contributed by atoms with Crippen molar-refractivity contribution in [3.8, 4) is 11.3 Å². The monoisotopic (exact) mass is 440 g/mol. The molecule has 0 radical (unpaired) electrons. The molecule has 0 aliphatic heterocycles. The lowest BCUT2D eigenvalue weighted by molar-refractivity contribution is 0.390. The molecule has 0 spiro atoms. The van der Waals surface area contributed by atoms with Crippen LogP contribution < -0.4 is 10.2 Å². The molecule has 3 aromatic rings. The van der Waals surface area contributed by atoms with Crippen molar-refractivity contribution in [2.75, 3.05) is 18.5 Å². The van der Waals surface area contributed by atoms with Gasteiger partial charge in [-0.15, -0.1) is 0 Å². The fourth-order valence-corrected chi connectivity index (χ4v) is 3.51. The van der Waals surface area contributed by atoms with Crippen molar-refractivity contribution >= 4 is 23.2 Å². The van der Waals surface area contributed by atoms with Crippen molar-refractivity contribution in [1.29, 1.82) is 0 Å². The van der Waals surface area contributed by atoms with E-state index in [4.69, 9.17) is 16.7 Å². The smallest absolute Gasteiger partial charge is 0.232 e.